The lowest BCUT2D eigenvalue weighted by Crippen LogP contribution is -2.31. The van der Waals surface area contributed by atoms with Crippen molar-refractivity contribution in [1.29, 1.82) is 0 Å². The van der Waals surface area contributed by atoms with E-state index in [1.807, 2.05) is 41.3 Å². The summed E-state index contributed by atoms with van der Waals surface area (Å²) in [6.07, 6.45) is -2.97. The summed E-state index contributed by atoms with van der Waals surface area (Å²) in [5, 5.41) is 12.2. The molecule has 0 fully saturated rings. The van der Waals surface area contributed by atoms with Crippen LogP contribution in [0.3, 0.4) is 0 Å². The Labute approximate surface area is 216 Å². The molecular weight excluding hydrogens is 498 g/mol. The summed E-state index contributed by atoms with van der Waals surface area (Å²) >= 11 is 0. The zero-order valence-corrected chi connectivity index (χ0v) is 20.1. The van der Waals surface area contributed by atoms with Gasteiger partial charge in [0.25, 0.3) is 0 Å². The Kier molecular flexibility index (Phi) is 7.32. The first-order valence-corrected chi connectivity index (χ1v) is 11.8. The van der Waals surface area contributed by atoms with Crippen LogP contribution >= 0.6 is 0 Å². The van der Waals surface area contributed by atoms with Gasteiger partial charge in [-0.2, -0.15) is 13.2 Å². The highest BCUT2D eigenvalue weighted by atomic mass is 19.4. The molecule has 5 rings (SSSR count). The Hall–Kier alpha value is -4.31. The molecule has 2 aromatic heterocycles. The summed E-state index contributed by atoms with van der Waals surface area (Å²) in [6.45, 7) is 0.871. The first-order chi connectivity index (χ1) is 18.4. The van der Waals surface area contributed by atoms with E-state index in [1.165, 1.54) is 22.9 Å². The molecule has 0 amide bonds. The lowest BCUT2D eigenvalue weighted by Gasteiger charge is -2.31. The summed E-state index contributed by atoms with van der Waals surface area (Å²) in [7, 11) is 0. The predicted molar refractivity (Wildman–Crippen MR) is 131 cm³/mol. The molecule has 0 aliphatic rings. The summed E-state index contributed by atoms with van der Waals surface area (Å²) in [6, 6.07) is 23.5. The van der Waals surface area contributed by atoms with Crippen LogP contribution < -0.4 is 0 Å². The third-order valence-corrected chi connectivity index (χ3v) is 6.11. The van der Waals surface area contributed by atoms with Gasteiger partial charge < -0.3 is 4.42 Å². The fourth-order valence-electron chi connectivity index (χ4n) is 4.35. The summed E-state index contributed by atoms with van der Waals surface area (Å²) in [4.78, 5) is 1.97. The van der Waals surface area contributed by atoms with Crippen molar-refractivity contribution in [3.8, 4) is 0 Å². The largest absolute Gasteiger partial charge is 0.468 e. The molecule has 3 aromatic carbocycles. The number of hydrogen-bond acceptors (Lipinski definition) is 5. The van der Waals surface area contributed by atoms with E-state index in [0.717, 1.165) is 23.3 Å². The van der Waals surface area contributed by atoms with E-state index < -0.39 is 17.8 Å². The minimum absolute atomic E-state index is 0.206. The standard InChI is InChI=1S/C28H23F4N5O/c29-24-13-11-21(12-14-24)18-37-27(33-34-35-37)26(22-8-4-9-23(16-22)28(30,31)32)36(19-25-10-5-15-38-25)17-20-6-2-1-3-7-20/h1-16,26H,17-19H2/t26-/m1/s1. The minimum Gasteiger partial charge on any atom is -0.468 e. The van der Waals surface area contributed by atoms with Crippen LogP contribution in [0.5, 0.6) is 0 Å². The van der Waals surface area contributed by atoms with Gasteiger partial charge in [0.05, 0.1) is 31.0 Å². The smallest absolute Gasteiger partial charge is 0.416 e. The SMILES string of the molecule is Fc1ccc(Cn2nnnc2[C@@H](c2cccc(C(F)(F)F)c2)N(Cc2ccccc2)Cc2ccco2)cc1. The average Bonchev–Trinajstić information content (AvgIpc) is 3.58. The first kappa shape index (κ1) is 25.3. The third-order valence-electron chi connectivity index (χ3n) is 6.11. The molecule has 0 radical (unpaired) electrons. The van der Waals surface area contributed by atoms with Crippen LogP contribution in [-0.2, 0) is 25.8 Å². The van der Waals surface area contributed by atoms with E-state index in [1.54, 1.807) is 30.5 Å². The summed E-state index contributed by atoms with van der Waals surface area (Å²) in [5.41, 5.74) is 1.30. The van der Waals surface area contributed by atoms with Gasteiger partial charge in [-0.15, -0.1) is 5.10 Å². The number of halogens is 4. The van der Waals surface area contributed by atoms with E-state index in [4.69, 9.17) is 4.42 Å². The van der Waals surface area contributed by atoms with Crippen LogP contribution in [0.25, 0.3) is 0 Å². The van der Waals surface area contributed by atoms with Crippen LogP contribution in [-0.4, -0.2) is 25.1 Å². The van der Waals surface area contributed by atoms with Crippen molar-refractivity contribution < 1.29 is 22.0 Å². The van der Waals surface area contributed by atoms with E-state index >= 15 is 0 Å². The van der Waals surface area contributed by atoms with Gasteiger partial charge in [0, 0.05) is 6.54 Å². The maximum atomic E-state index is 13.7. The fraction of sp³-hybridized carbons (Fsp3) is 0.179. The van der Waals surface area contributed by atoms with Crippen LogP contribution in [0.15, 0.2) is 102 Å². The van der Waals surface area contributed by atoms with Gasteiger partial charge in [0.15, 0.2) is 5.82 Å². The Morgan fingerprint density at radius 1 is 0.842 bits per heavy atom. The molecule has 38 heavy (non-hydrogen) atoms. The second kappa shape index (κ2) is 11.0. The number of tetrazole rings is 1. The van der Waals surface area contributed by atoms with Crippen molar-refractivity contribution in [1.82, 2.24) is 25.1 Å². The molecule has 1 atom stereocenters. The summed E-state index contributed by atoms with van der Waals surface area (Å²) < 4.78 is 61.8. The van der Waals surface area contributed by atoms with Gasteiger partial charge in [-0.25, -0.2) is 9.07 Å². The number of rotatable bonds is 9. The number of furan rings is 1. The molecule has 0 unspecified atom stereocenters. The number of aromatic nitrogens is 4. The molecule has 6 nitrogen and oxygen atoms in total. The molecule has 194 valence electrons. The molecular formula is C28H23F4N5O. The molecule has 10 heteroatoms. The predicted octanol–water partition coefficient (Wildman–Crippen LogP) is 6.26. The maximum absolute atomic E-state index is 13.7. The zero-order valence-electron chi connectivity index (χ0n) is 20.1. The minimum atomic E-state index is -4.52. The highest BCUT2D eigenvalue weighted by Gasteiger charge is 2.34. The molecule has 0 aliphatic carbocycles. The van der Waals surface area contributed by atoms with Gasteiger partial charge >= 0.3 is 6.18 Å². The topological polar surface area (TPSA) is 60.0 Å². The van der Waals surface area contributed by atoms with Crippen LogP contribution in [0.2, 0.25) is 0 Å². The van der Waals surface area contributed by atoms with E-state index in [2.05, 4.69) is 15.5 Å². The van der Waals surface area contributed by atoms with Gasteiger partial charge in [-0.3, -0.25) is 4.90 Å². The van der Waals surface area contributed by atoms with Crippen molar-refractivity contribution in [2.75, 3.05) is 0 Å². The second-order valence-electron chi connectivity index (χ2n) is 8.82. The maximum Gasteiger partial charge on any atom is 0.416 e. The van der Waals surface area contributed by atoms with Crippen molar-refractivity contribution in [3.05, 3.63) is 137 Å². The van der Waals surface area contributed by atoms with Gasteiger partial charge in [-0.1, -0.05) is 54.6 Å². The highest BCUT2D eigenvalue weighted by molar-refractivity contribution is 5.32. The summed E-state index contributed by atoms with van der Waals surface area (Å²) in [5.74, 6) is 0.603. The van der Waals surface area contributed by atoms with Gasteiger partial charge in [0.2, 0.25) is 0 Å². The first-order valence-electron chi connectivity index (χ1n) is 11.8. The van der Waals surface area contributed by atoms with Crippen LogP contribution in [0, 0.1) is 5.82 Å². The molecule has 0 N–H and O–H groups in total. The second-order valence-corrected chi connectivity index (χ2v) is 8.82. The Morgan fingerprint density at radius 3 is 2.34 bits per heavy atom. The highest BCUT2D eigenvalue weighted by Crippen LogP contribution is 2.35. The number of alkyl halides is 3. The molecule has 0 saturated carbocycles. The third kappa shape index (κ3) is 5.97. The molecule has 5 aromatic rings. The van der Waals surface area contributed by atoms with Crippen molar-refractivity contribution >= 4 is 0 Å². The van der Waals surface area contributed by atoms with Crippen molar-refractivity contribution in [2.45, 2.75) is 31.9 Å². The lowest BCUT2D eigenvalue weighted by atomic mass is 10.00. The normalized spacial score (nSPS) is 12.7. The zero-order chi connectivity index (χ0) is 26.5. The average molecular weight is 522 g/mol. The van der Waals surface area contributed by atoms with Crippen LogP contribution in [0.1, 0.15) is 39.9 Å². The monoisotopic (exact) mass is 521 g/mol. The van der Waals surface area contributed by atoms with Crippen molar-refractivity contribution in [2.24, 2.45) is 0 Å². The van der Waals surface area contributed by atoms with E-state index in [-0.39, 0.29) is 18.9 Å². The Morgan fingerprint density at radius 2 is 1.63 bits per heavy atom. The van der Waals surface area contributed by atoms with Gasteiger partial charge in [0.1, 0.15) is 11.6 Å². The molecule has 2 heterocycles. The quantitative estimate of drug-likeness (QED) is 0.214. The number of hydrogen-bond donors (Lipinski definition) is 0. The fourth-order valence-corrected chi connectivity index (χ4v) is 4.35. The van der Waals surface area contributed by atoms with Crippen molar-refractivity contribution in [3.63, 3.8) is 0 Å². The number of nitrogens with zero attached hydrogens (tertiary/aromatic N) is 5. The Bertz CT molecular complexity index is 1450. The molecule has 0 aliphatic heterocycles. The van der Waals surface area contributed by atoms with E-state index in [0.29, 0.717) is 23.7 Å². The molecule has 0 spiro atoms. The molecule has 0 saturated heterocycles. The van der Waals surface area contributed by atoms with Crippen LogP contribution in [0.4, 0.5) is 17.6 Å². The van der Waals surface area contributed by atoms with Gasteiger partial charge in [-0.05, 0) is 63.5 Å². The number of benzene rings is 3. The lowest BCUT2D eigenvalue weighted by molar-refractivity contribution is -0.137. The molecule has 0 bridgehead atoms. The van der Waals surface area contributed by atoms with E-state index in [9.17, 15) is 17.6 Å². The Balaban J connectivity index is 1.62.